The second-order valence-electron chi connectivity index (χ2n) is 24.2. The highest BCUT2D eigenvalue weighted by Gasteiger charge is 2.18. The van der Waals surface area contributed by atoms with Gasteiger partial charge in [-0.05, 0) is 83.5 Å². The van der Waals surface area contributed by atoms with Crippen molar-refractivity contribution in [1.82, 2.24) is 5.32 Å². The van der Waals surface area contributed by atoms with Crippen LogP contribution in [-0.4, -0.2) is 47.4 Å². The van der Waals surface area contributed by atoms with E-state index in [0.717, 1.165) is 44.9 Å². The molecule has 6 heteroatoms. The van der Waals surface area contributed by atoms with Crippen molar-refractivity contribution >= 4 is 11.9 Å². The Morgan fingerprint density at radius 1 is 0.346 bits per heavy atom. The molecule has 2 atom stereocenters. The molecule has 0 heterocycles. The molecule has 0 aliphatic heterocycles. The normalized spacial score (nSPS) is 12.7. The van der Waals surface area contributed by atoms with Gasteiger partial charge < -0.3 is 20.3 Å². The molecule has 0 spiro atoms. The number of unbranched alkanes of at least 4 members (excludes halogenated alkanes) is 51. The summed E-state index contributed by atoms with van der Waals surface area (Å²) in [5, 5.41) is 23.1. The molecule has 0 bridgehead atoms. The molecule has 0 aliphatic rings. The third-order valence-corrected chi connectivity index (χ3v) is 16.4. The number of allylic oxidation sites excluding steroid dienone is 5. The van der Waals surface area contributed by atoms with Gasteiger partial charge in [0.1, 0.15) is 0 Å². The van der Waals surface area contributed by atoms with Crippen molar-refractivity contribution in [1.29, 1.82) is 0 Å². The van der Waals surface area contributed by atoms with Crippen LogP contribution in [0, 0.1) is 0 Å². The number of aliphatic hydroxyl groups excluding tert-OH is 2. The van der Waals surface area contributed by atoms with Gasteiger partial charge in [0.2, 0.25) is 5.91 Å². The van der Waals surface area contributed by atoms with E-state index in [1.54, 1.807) is 6.08 Å². The van der Waals surface area contributed by atoms with E-state index in [9.17, 15) is 19.8 Å². The highest BCUT2D eigenvalue weighted by atomic mass is 16.5. The molecule has 0 rings (SSSR count). The number of nitrogens with one attached hydrogen (secondary N) is 1. The molecule has 460 valence electrons. The van der Waals surface area contributed by atoms with Crippen LogP contribution < -0.4 is 5.32 Å². The van der Waals surface area contributed by atoms with E-state index >= 15 is 0 Å². The van der Waals surface area contributed by atoms with Gasteiger partial charge in [-0.3, -0.25) is 9.59 Å². The van der Waals surface area contributed by atoms with E-state index in [0.29, 0.717) is 19.4 Å². The zero-order valence-electron chi connectivity index (χ0n) is 52.7. The number of hydrogen-bond donors (Lipinski definition) is 3. The summed E-state index contributed by atoms with van der Waals surface area (Å²) < 4.78 is 5.49. The minimum absolute atomic E-state index is 0.0123. The maximum absolute atomic E-state index is 12.4. The monoisotopic (exact) mass is 1100 g/mol. The molecule has 6 nitrogen and oxygen atoms in total. The molecule has 3 N–H and O–H groups in total. The van der Waals surface area contributed by atoms with Crippen LogP contribution in [0.5, 0.6) is 0 Å². The highest BCUT2D eigenvalue weighted by Crippen LogP contribution is 2.18. The second-order valence-corrected chi connectivity index (χ2v) is 24.2. The van der Waals surface area contributed by atoms with Gasteiger partial charge in [-0.2, -0.15) is 0 Å². The molecule has 0 radical (unpaired) electrons. The Morgan fingerprint density at radius 2 is 0.603 bits per heavy atom. The van der Waals surface area contributed by atoms with Gasteiger partial charge in [0.15, 0.2) is 0 Å². The van der Waals surface area contributed by atoms with E-state index in [-0.39, 0.29) is 18.5 Å². The number of esters is 1. The van der Waals surface area contributed by atoms with Gasteiger partial charge in [-0.15, -0.1) is 0 Å². The molecule has 78 heavy (non-hydrogen) atoms. The van der Waals surface area contributed by atoms with E-state index < -0.39 is 12.1 Å². The van der Waals surface area contributed by atoms with Crippen LogP contribution in [0.4, 0.5) is 0 Å². The van der Waals surface area contributed by atoms with Crippen LogP contribution in [0.1, 0.15) is 386 Å². The Bertz CT molecular complexity index is 1260. The zero-order chi connectivity index (χ0) is 56.4. The average Bonchev–Trinajstić information content (AvgIpc) is 3.44. The average molecular weight is 1100 g/mol. The molecule has 0 aromatic heterocycles. The van der Waals surface area contributed by atoms with Gasteiger partial charge >= 0.3 is 5.97 Å². The largest absolute Gasteiger partial charge is 0.466 e. The van der Waals surface area contributed by atoms with Crippen molar-refractivity contribution in [3.05, 3.63) is 36.5 Å². The number of carbonyl (C=O) groups excluding carboxylic acids is 2. The van der Waals surface area contributed by atoms with Gasteiger partial charge in [0.25, 0.3) is 0 Å². The summed E-state index contributed by atoms with van der Waals surface area (Å²) in [6.07, 6.45) is 86.7. The third-order valence-electron chi connectivity index (χ3n) is 16.4. The molecular formula is C72H137NO5. The van der Waals surface area contributed by atoms with Crippen LogP contribution in [0.15, 0.2) is 36.5 Å². The molecule has 2 unspecified atom stereocenters. The molecule has 0 saturated heterocycles. The Labute approximate surface area is 487 Å². The standard InChI is InChI=1S/C72H137NO5/c1-3-5-7-9-11-13-15-16-38-42-46-50-54-58-62-66-72(77)78-67-63-59-55-51-47-43-40-37-35-33-31-29-27-25-23-21-19-17-18-20-22-24-26-28-30-32-34-36-39-41-45-49-53-57-61-65-71(76)73-69(68-74)70(75)64-60-56-52-48-44-14-12-10-8-6-4-2/h16,19,21,38,60,64,69-70,74-75H,3-15,17-18,20,22-37,39-59,61-63,65-68H2,1-2H3,(H,73,76)/b21-19-,38-16-,64-60+. The van der Waals surface area contributed by atoms with Gasteiger partial charge in [0, 0.05) is 12.8 Å². The number of ether oxygens (including phenoxy) is 1. The summed E-state index contributed by atoms with van der Waals surface area (Å²) in [5.74, 6) is -0.0521. The first-order valence-corrected chi connectivity index (χ1v) is 35.3. The van der Waals surface area contributed by atoms with Gasteiger partial charge in [-0.25, -0.2) is 0 Å². The first-order chi connectivity index (χ1) is 38.5. The number of amides is 1. The van der Waals surface area contributed by atoms with E-state index in [4.69, 9.17) is 4.74 Å². The molecule has 0 aliphatic carbocycles. The van der Waals surface area contributed by atoms with Crippen molar-refractivity contribution in [2.75, 3.05) is 13.2 Å². The molecule has 0 fully saturated rings. The summed E-state index contributed by atoms with van der Waals surface area (Å²) in [5.41, 5.74) is 0. The molecule has 0 saturated carbocycles. The summed E-state index contributed by atoms with van der Waals surface area (Å²) in [7, 11) is 0. The molecular weight excluding hydrogens is 959 g/mol. The lowest BCUT2D eigenvalue weighted by Gasteiger charge is -2.20. The molecule has 1 amide bonds. The van der Waals surface area contributed by atoms with Gasteiger partial charge in [-0.1, -0.05) is 326 Å². The first-order valence-electron chi connectivity index (χ1n) is 35.3. The Morgan fingerprint density at radius 3 is 0.910 bits per heavy atom. The Hall–Kier alpha value is -1.92. The number of aliphatic hydroxyl groups is 2. The zero-order valence-corrected chi connectivity index (χ0v) is 52.7. The first kappa shape index (κ1) is 76.1. The lowest BCUT2D eigenvalue weighted by atomic mass is 10.0. The van der Waals surface area contributed by atoms with Crippen LogP contribution in [-0.2, 0) is 14.3 Å². The van der Waals surface area contributed by atoms with Crippen molar-refractivity contribution in [2.45, 2.75) is 398 Å². The van der Waals surface area contributed by atoms with E-state index in [1.165, 1.54) is 315 Å². The van der Waals surface area contributed by atoms with E-state index in [1.807, 2.05) is 6.08 Å². The quantitative estimate of drug-likeness (QED) is 0.0320. The van der Waals surface area contributed by atoms with Crippen LogP contribution in [0.25, 0.3) is 0 Å². The maximum Gasteiger partial charge on any atom is 0.305 e. The fraction of sp³-hybridized carbons (Fsp3) is 0.889. The summed E-state index contributed by atoms with van der Waals surface area (Å²) in [6.45, 7) is 4.91. The predicted molar refractivity (Wildman–Crippen MR) is 343 cm³/mol. The third kappa shape index (κ3) is 63.3. The fourth-order valence-corrected chi connectivity index (χ4v) is 11.0. The van der Waals surface area contributed by atoms with Crippen LogP contribution >= 0.6 is 0 Å². The fourth-order valence-electron chi connectivity index (χ4n) is 11.0. The van der Waals surface area contributed by atoms with Crippen molar-refractivity contribution in [3.8, 4) is 0 Å². The van der Waals surface area contributed by atoms with Gasteiger partial charge in [0.05, 0.1) is 25.4 Å². The minimum atomic E-state index is -0.840. The van der Waals surface area contributed by atoms with Crippen LogP contribution in [0.3, 0.4) is 0 Å². The highest BCUT2D eigenvalue weighted by molar-refractivity contribution is 5.76. The maximum atomic E-state index is 12.4. The number of rotatable bonds is 66. The van der Waals surface area contributed by atoms with E-state index in [2.05, 4.69) is 43.5 Å². The molecule has 0 aromatic rings. The summed E-state index contributed by atoms with van der Waals surface area (Å²) in [6, 6.07) is -0.624. The SMILES string of the molecule is CCCCCCCC/C=C\CCCCCCCC(=O)OCCCCCCCCCCCCCCCC/C=C\CCCCCCCCCCCCCCCCCCCC(=O)NC(CO)C(O)/C=C/CCCCCCCCCCC. The Kier molecular flexibility index (Phi) is 65.9. The van der Waals surface area contributed by atoms with Crippen molar-refractivity contribution < 1.29 is 24.5 Å². The second kappa shape index (κ2) is 67.6. The van der Waals surface area contributed by atoms with Crippen LogP contribution in [0.2, 0.25) is 0 Å². The number of hydrogen-bond acceptors (Lipinski definition) is 5. The summed E-state index contributed by atoms with van der Waals surface area (Å²) >= 11 is 0. The lowest BCUT2D eigenvalue weighted by molar-refractivity contribution is -0.143. The Balaban J connectivity index is 3.33. The lowest BCUT2D eigenvalue weighted by Crippen LogP contribution is -2.45. The summed E-state index contributed by atoms with van der Waals surface area (Å²) in [4.78, 5) is 24.5. The smallest absolute Gasteiger partial charge is 0.305 e. The number of carbonyl (C=O) groups is 2. The minimum Gasteiger partial charge on any atom is -0.466 e. The molecule has 0 aromatic carbocycles. The topological polar surface area (TPSA) is 95.9 Å². The predicted octanol–water partition coefficient (Wildman–Crippen LogP) is 22.7. The van der Waals surface area contributed by atoms with Crippen molar-refractivity contribution in [2.24, 2.45) is 0 Å². The van der Waals surface area contributed by atoms with Crippen molar-refractivity contribution in [3.63, 3.8) is 0 Å².